The molecule has 0 radical (unpaired) electrons. The molecular weight excluding hydrogens is 638 g/mol. The molecule has 1 fully saturated rings. The molecule has 3 amide bonds. The lowest BCUT2D eigenvalue weighted by Gasteiger charge is -2.35. The predicted octanol–water partition coefficient (Wildman–Crippen LogP) is 3.61. The Balaban J connectivity index is 1.39. The normalized spacial score (nSPS) is 18.8. The van der Waals surface area contributed by atoms with E-state index in [4.69, 9.17) is 23.9 Å². The van der Waals surface area contributed by atoms with Crippen LogP contribution in [0.15, 0.2) is 36.4 Å². The second kappa shape index (κ2) is 16.0. The van der Waals surface area contributed by atoms with E-state index in [1.165, 1.54) is 11.1 Å². The van der Waals surface area contributed by atoms with E-state index >= 15 is 0 Å². The monoisotopic (exact) mass is 687 g/mol. The van der Waals surface area contributed by atoms with Gasteiger partial charge in [-0.1, -0.05) is 24.3 Å². The van der Waals surface area contributed by atoms with Gasteiger partial charge in [-0.25, -0.2) is 4.98 Å². The number of benzene rings is 2. The van der Waals surface area contributed by atoms with Crippen LogP contribution >= 0.6 is 0 Å². The number of rotatable bonds is 7. The highest BCUT2D eigenvalue weighted by molar-refractivity contribution is 5.92. The van der Waals surface area contributed by atoms with E-state index in [1.54, 1.807) is 31.1 Å². The molecule has 1 aliphatic carbocycles. The van der Waals surface area contributed by atoms with Gasteiger partial charge in [0, 0.05) is 81.8 Å². The summed E-state index contributed by atoms with van der Waals surface area (Å²) in [6.07, 6.45) is 3.46. The van der Waals surface area contributed by atoms with Crippen molar-refractivity contribution in [1.82, 2.24) is 20.1 Å². The zero-order chi connectivity index (χ0) is 35.2. The number of nitrogens with one attached hydrogen (secondary N) is 1. The number of ether oxygens (including phenoxy) is 4. The second-order valence-electron chi connectivity index (χ2n) is 13.3. The molecule has 12 nitrogen and oxygen atoms in total. The van der Waals surface area contributed by atoms with Crippen LogP contribution in [0.25, 0.3) is 10.9 Å². The fourth-order valence-corrected chi connectivity index (χ4v) is 7.56. The maximum absolute atomic E-state index is 14.1. The SMILES string of the molecule is CCOCC(=O)N1CCN(C(=O)C2Cc3ccccc3C2)CCC(=O)NCC2CCCN(C2)c2nc3cc(OC)c(OC)c(OC)c3cc2C1. The van der Waals surface area contributed by atoms with Crippen LogP contribution in [0.3, 0.4) is 0 Å². The minimum atomic E-state index is -0.201. The third-order valence-electron chi connectivity index (χ3n) is 10.2. The fourth-order valence-electron chi connectivity index (χ4n) is 7.56. The van der Waals surface area contributed by atoms with E-state index < -0.39 is 0 Å². The molecule has 2 aliphatic heterocycles. The number of carbonyl (C=O) groups is 3. The number of aromatic nitrogens is 1. The molecule has 2 bridgehead atoms. The van der Waals surface area contributed by atoms with Crippen LogP contribution < -0.4 is 24.4 Å². The van der Waals surface area contributed by atoms with Crippen molar-refractivity contribution < 1.29 is 33.3 Å². The maximum Gasteiger partial charge on any atom is 0.248 e. The van der Waals surface area contributed by atoms with E-state index in [-0.39, 0.29) is 68.8 Å². The Morgan fingerprint density at radius 2 is 1.66 bits per heavy atom. The molecule has 3 heterocycles. The van der Waals surface area contributed by atoms with Crippen molar-refractivity contribution in [3.8, 4) is 17.2 Å². The standard InChI is InChI=1S/C38H49N5O7/c1-5-50-24-34(45)42-16-15-41(38(46)28-17-26-10-6-7-11-27(26)18-28)14-12-33(44)39-21-25-9-8-13-43(22-25)37-29(23-42)19-30-31(40-37)20-32(47-2)36(49-4)35(30)48-3/h6-7,10-11,19-20,25,28H,5,8-9,12-18,21-24H2,1-4H3,(H,39,44). The smallest absolute Gasteiger partial charge is 0.248 e. The molecule has 1 unspecified atom stereocenters. The largest absolute Gasteiger partial charge is 0.493 e. The van der Waals surface area contributed by atoms with Crippen LogP contribution in [0.4, 0.5) is 5.82 Å². The topological polar surface area (TPSA) is 123 Å². The molecule has 3 aromatic rings. The third kappa shape index (κ3) is 7.60. The zero-order valence-electron chi connectivity index (χ0n) is 29.7. The number of piperidine rings is 1. The summed E-state index contributed by atoms with van der Waals surface area (Å²) in [5, 5.41) is 3.88. The zero-order valence-corrected chi connectivity index (χ0v) is 29.7. The lowest BCUT2D eigenvalue weighted by atomic mass is 9.97. The van der Waals surface area contributed by atoms with Crippen molar-refractivity contribution in [2.24, 2.45) is 11.8 Å². The van der Waals surface area contributed by atoms with Gasteiger partial charge >= 0.3 is 0 Å². The molecule has 1 saturated heterocycles. The second-order valence-corrected chi connectivity index (χ2v) is 13.3. The molecule has 1 atom stereocenters. The summed E-state index contributed by atoms with van der Waals surface area (Å²) in [6, 6.07) is 12.0. The lowest BCUT2D eigenvalue weighted by Crippen LogP contribution is -2.45. The van der Waals surface area contributed by atoms with Crippen molar-refractivity contribution in [2.75, 3.05) is 78.7 Å². The van der Waals surface area contributed by atoms with Gasteiger partial charge in [0.1, 0.15) is 12.4 Å². The van der Waals surface area contributed by atoms with Crippen LogP contribution in [0.5, 0.6) is 17.2 Å². The van der Waals surface area contributed by atoms with Crippen molar-refractivity contribution in [2.45, 2.75) is 45.6 Å². The third-order valence-corrected chi connectivity index (χ3v) is 10.2. The highest BCUT2D eigenvalue weighted by atomic mass is 16.5. The Bertz CT molecular complexity index is 1690. The molecule has 1 N–H and O–H groups in total. The average molecular weight is 688 g/mol. The van der Waals surface area contributed by atoms with Gasteiger partial charge in [0.15, 0.2) is 11.5 Å². The summed E-state index contributed by atoms with van der Waals surface area (Å²) >= 11 is 0. The van der Waals surface area contributed by atoms with Gasteiger partial charge in [-0.05, 0) is 55.7 Å². The number of hydrogen-bond acceptors (Lipinski definition) is 9. The number of methoxy groups -OCH3 is 3. The Kier molecular flexibility index (Phi) is 11.3. The Hall–Kier alpha value is -4.58. The highest BCUT2D eigenvalue weighted by Crippen LogP contribution is 2.44. The number of nitrogens with zero attached hydrogens (tertiary/aromatic N) is 4. The fraction of sp³-hybridized carbons (Fsp3) is 0.526. The number of pyridine rings is 1. The maximum atomic E-state index is 14.1. The number of carbonyl (C=O) groups excluding carboxylic acids is 3. The Morgan fingerprint density at radius 3 is 2.36 bits per heavy atom. The molecule has 1 aromatic heterocycles. The van der Waals surface area contributed by atoms with Gasteiger partial charge in [-0.3, -0.25) is 14.4 Å². The minimum absolute atomic E-state index is 0.0105. The molecule has 50 heavy (non-hydrogen) atoms. The minimum Gasteiger partial charge on any atom is -0.493 e. The Morgan fingerprint density at radius 1 is 0.920 bits per heavy atom. The van der Waals surface area contributed by atoms with Gasteiger partial charge in [0.25, 0.3) is 0 Å². The van der Waals surface area contributed by atoms with Gasteiger partial charge in [0.05, 0.1) is 26.8 Å². The molecule has 268 valence electrons. The summed E-state index contributed by atoms with van der Waals surface area (Å²) in [4.78, 5) is 52.1. The van der Waals surface area contributed by atoms with Crippen LogP contribution in [0.2, 0.25) is 0 Å². The predicted molar refractivity (Wildman–Crippen MR) is 190 cm³/mol. The van der Waals surface area contributed by atoms with Gasteiger partial charge < -0.3 is 39.0 Å². The first kappa shape index (κ1) is 35.3. The number of fused-ring (bicyclic) bond motifs is 6. The van der Waals surface area contributed by atoms with Crippen molar-refractivity contribution >= 4 is 34.4 Å². The Labute approximate surface area is 294 Å². The van der Waals surface area contributed by atoms with Crippen LogP contribution in [-0.2, 0) is 38.5 Å². The molecular formula is C38H49N5O7. The summed E-state index contributed by atoms with van der Waals surface area (Å²) in [5.74, 6) is 1.99. The molecule has 0 saturated carbocycles. The highest BCUT2D eigenvalue weighted by Gasteiger charge is 2.32. The molecule has 12 heteroatoms. The molecule has 3 aliphatic rings. The first-order valence-electron chi connectivity index (χ1n) is 17.7. The van der Waals surface area contributed by atoms with E-state index in [9.17, 15) is 14.4 Å². The van der Waals surface area contributed by atoms with Gasteiger partial charge in [-0.15, -0.1) is 0 Å². The lowest BCUT2D eigenvalue weighted by molar-refractivity contribution is -0.140. The van der Waals surface area contributed by atoms with Crippen molar-refractivity contribution in [3.63, 3.8) is 0 Å². The van der Waals surface area contributed by atoms with Gasteiger partial charge in [-0.2, -0.15) is 0 Å². The first-order chi connectivity index (χ1) is 24.3. The summed E-state index contributed by atoms with van der Waals surface area (Å²) < 4.78 is 22.8. The van der Waals surface area contributed by atoms with E-state index in [1.807, 2.05) is 31.2 Å². The van der Waals surface area contributed by atoms with E-state index in [2.05, 4.69) is 22.3 Å². The number of amides is 3. The summed E-state index contributed by atoms with van der Waals surface area (Å²) in [6.45, 7) is 5.29. The quantitative estimate of drug-likeness (QED) is 0.397. The van der Waals surface area contributed by atoms with Crippen molar-refractivity contribution in [1.29, 1.82) is 0 Å². The summed E-state index contributed by atoms with van der Waals surface area (Å²) in [5.41, 5.74) is 3.90. The molecule has 6 rings (SSSR count). The number of anilines is 1. The van der Waals surface area contributed by atoms with Crippen LogP contribution in [0.1, 0.15) is 42.9 Å². The number of hydrogen-bond donors (Lipinski definition) is 1. The molecule has 0 spiro atoms. The van der Waals surface area contributed by atoms with Crippen LogP contribution in [-0.4, -0.2) is 106 Å². The first-order valence-corrected chi connectivity index (χ1v) is 17.7. The van der Waals surface area contributed by atoms with Crippen LogP contribution in [0, 0.1) is 11.8 Å². The van der Waals surface area contributed by atoms with E-state index in [0.717, 1.165) is 36.2 Å². The summed E-state index contributed by atoms with van der Waals surface area (Å²) in [7, 11) is 4.73. The molecule has 2 aromatic carbocycles. The van der Waals surface area contributed by atoms with Gasteiger partial charge in [0.2, 0.25) is 23.5 Å². The van der Waals surface area contributed by atoms with E-state index in [0.29, 0.717) is 55.3 Å². The van der Waals surface area contributed by atoms with Crippen molar-refractivity contribution in [3.05, 3.63) is 53.1 Å². The average Bonchev–Trinajstić information content (AvgIpc) is 3.58.